The second-order valence-electron chi connectivity index (χ2n) is 5.06. The van der Waals surface area contributed by atoms with Crippen LogP contribution in [0.5, 0.6) is 0 Å². The van der Waals surface area contributed by atoms with E-state index in [0.29, 0.717) is 18.5 Å². The Kier molecular flexibility index (Phi) is 3.41. The van der Waals surface area contributed by atoms with E-state index in [2.05, 4.69) is 15.6 Å². The molecule has 0 radical (unpaired) electrons. The van der Waals surface area contributed by atoms with Crippen molar-refractivity contribution in [1.29, 1.82) is 0 Å². The predicted octanol–water partition coefficient (Wildman–Crippen LogP) is 1.57. The zero-order valence-corrected chi connectivity index (χ0v) is 11.1. The molecule has 1 fully saturated rings. The molecule has 3 N–H and O–H groups in total. The molecule has 1 saturated heterocycles. The molecule has 1 aliphatic rings. The molecular weight excluding hydrogens is 254 g/mol. The largest absolute Gasteiger partial charge is 0.360 e. The molecule has 0 spiro atoms. The molecule has 2 heterocycles. The van der Waals surface area contributed by atoms with Crippen LogP contribution in [0.25, 0.3) is 10.9 Å². The Hall–Kier alpha value is -2.30. The fourth-order valence-corrected chi connectivity index (χ4v) is 2.57. The summed E-state index contributed by atoms with van der Waals surface area (Å²) >= 11 is 0. The Morgan fingerprint density at radius 3 is 3.00 bits per heavy atom. The van der Waals surface area contributed by atoms with Crippen molar-refractivity contribution in [3.63, 3.8) is 0 Å². The van der Waals surface area contributed by atoms with Crippen LogP contribution < -0.4 is 10.6 Å². The minimum absolute atomic E-state index is 0.0873. The number of H-pyrrole nitrogens is 1. The van der Waals surface area contributed by atoms with Crippen molar-refractivity contribution >= 4 is 22.7 Å². The van der Waals surface area contributed by atoms with Crippen molar-refractivity contribution in [2.75, 3.05) is 6.54 Å². The van der Waals surface area contributed by atoms with Gasteiger partial charge in [-0.3, -0.25) is 9.59 Å². The van der Waals surface area contributed by atoms with Gasteiger partial charge >= 0.3 is 0 Å². The van der Waals surface area contributed by atoms with Gasteiger partial charge in [-0.05, 0) is 25.3 Å². The maximum absolute atomic E-state index is 12.3. The second kappa shape index (κ2) is 5.36. The summed E-state index contributed by atoms with van der Waals surface area (Å²) in [6.45, 7) is 0.693. The van der Waals surface area contributed by atoms with Crippen LogP contribution in [0.4, 0.5) is 0 Å². The summed E-state index contributed by atoms with van der Waals surface area (Å²) in [5.41, 5.74) is 1.50. The summed E-state index contributed by atoms with van der Waals surface area (Å²) < 4.78 is 0. The number of amides is 2. The van der Waals surface area contributed by atoms with Gasteiger partial charge in [0.2, 0.25) is 5.91 Å². The zero-order valence-electron chi connectivity index (χ0n) is 11.1. The van der Waals surface area contributed by atoms with Crippen LogP contribution in [-0.2, 0) is 4.79 Å². The minimum atomic E-state index is -0.432. The van der Waals surface area contributed by atoms with Crippen LogP contribution in [0.15, 0.2) is 30.5 Å². The first-order chi connectivity index (χ1) is 9.75. The van der Waals surface area contributed by atoms with Crippen molar-refractivity contribution in [3.05, 3.63) is 36.0 Å². The summed E-state index contributed by atoms with van der Waals surface area (Å²) in [6, 6.07) is 7.20. The Balaban J connectivity index is 1.80. The quantitative estimate of drug-likeness (QED) is 0.775. The van der Waals surface area contributed by atoms with Crippen LogP contribution in [0.2, 0.25) is 0 Å². The topological polar surface area (TPSA) is 74.0 Å². The molecule has 1 aliphatic heterocycles. The second-order valence-corrected chi connectivity index (χ2v) is 5.06. The van der Waals surface area contributed by atoms with E-state index in [1.54, 1.807) is 6.20 Å². The summed E-state index contributed by atoms with van der Waals surface area (Å²) in [6.07, 6.45) is 4.29. The lowest BCUT2D eigenvalue weighted by atomic mass is 10.1. The van der Waals surface area contributed by atoms with E-state index in [4.69, 9.17) is 0 Å². The van der Waals surface area contributed by atoms with Crippen molar-refractivity contribution in [1.82, 2.24) is 15.6 Å². The molecule has 20 heavy (non-hydrogen) atoms. The van der Waals surface area contributed by atoms with E-state index < -0.39 is 6.04 Å². The number of fused-ring (bicyclic) bond motifs is 1. The first kappa shape index (κ1) is 12.7. The number of aromatic amines is 1. The smallest absolute Gasteiger partial charge is 0.254 e. The van der Waals surface area contributed by atoms with Gasteiger partial charge in [-0.2, -0.15) is 0 Å². The number of carbonyl (C=O) groups excluding carboxylic acids is 2. The van der Waals surface area contributed by atoms with Crippen LogP contribution in [0.3, 0.4) is 0 Å². The summed E-state index contributed by atoms with van der Waals surface area (Å²) in [7, 11) is 0. The number of nitrogens with one attached hydrogen (secondary N) is 3. The van der Waals surface area contributed by atoms with Gasteiger partial charge in [-0.15, -0.1) is 0 Å². The van der Waals surface area contributed by atoms with E-state index in [0.717, 1.165) is 23.7 Å². The molecule has 2 aromatic rings. The molecule has 0 bridgehead atoms. The van der Waals surface area contributed by atoms with Crippen LogP contribution in [0, 0.1) is 0 Å². The van der Waals surface area contributed by atoms with Crippen LogP contribution in [-0.4, -0.2) is 29.4 Å². The fourth-order valence-electron chi connectivity index (χ4n) is 2.57. The number of benzene rings is 1. The van der Waals surface area contributed by atoms with Crippen molar-refractivity contribution < 1.29 is 9.59 Å². The normalized spacial score (nSPS) is 19.4. The van der Waals surface area contributed by atoms with Gasteiger partial charge in [0.05, 0.1) is 5.56 Å². The third kappa shape index (κ3) is 2.39. The molecule has 2 amide bonds. The summed E-state index contributed by atoms with van der Waals surface area (Å²) in [4.78, 5) is 27.3. The first-order valence-electron chi connectivity index (χ1n) is 6.90. The van der Waals surface area contributed by atoms with Gasteiger partial charge in [0.1, 0.15) is 6.04 Å². The van der Waals surface area contributed by atoms with Gasteiger partial charge in [-0.1, -0.05) is 18.2 Å². The molecule has 1 aromatic carbocycles. The van der Waals surface area contributed by atoms with E-state index in [1.165, 1.54) is 0 Å². The molecule has 5 nitrogen and oxygen atoms in total. The monoisotopic (exact) mass is 271 g/mol. The molecule has 104 valence electrons. The van der Waals surface area contributed by atoms with Crippen molar-refractivity contribution in [3.8, 4) is 0 Å². The lowest BCUT2D eigenvalue weighted by molar-refractivity contribution is -0.122. The van der Waals surface area contributed by atoms with Gasteiger partial charge < -0.3 is 15.6 Å². The van der Waals surface area contributed by atoms with Gasteiger partial charge in [0, 0.05) is 23.6 Å². The van der Waals surface area contributed by atoms with Crippen molar-refractivity contribution in [2.24, 2.45) is 0 Å². The molecule has 1 unspecified atom stereocenters. The minimum Gasteiger partial charge on any atom is -0.360 e. The van der Waals surface area contributed by atoms with E-state index in [-0.39, 0.29) is 11.8 Å². The average Bonchev–Trinajstić information content (AvgIpc) is 2.79. The van der Waals surface area contributed by atoms with Crippen molar-refractivity contribution in [2.45, 2.75) is 25.3 Å². The Labute approximate surface area is 116 Å². The Morgan fingerprint density at radius 2 is 2.10 bits per heavy atom. The highest BCUT2D eigenvalue weighted by molar-refractivity contribution is 6.07. The van der Waals surface area contributed by atoms with Gasteiger partial charge in [0.15, 0.2) is 0 Å². The standard InChI is InChI=1S/C15H17N3O2/c19-14(18-13-7-3-4-8-16-15(13)20)11-9-17-12-6-2-1-5-10(11)12/h1-2,5-6,9,13,17H,3-4,7-8H2,(H,16,20)(H,18,19). The molecule has 0 aliphatic carbocycles. The third-order valence-electron chi connectivity index (χ3n) is 3.67. The maximum Gasteiger partial charge on any atom is 0.254 e. The van der Waals surface area contributed by atoms with E-state index >= 15 is 0 Å². The van der Waals surface area contributed by atoms with E-state index in [9.17, 15) is 9.59 Å². The van der Waals surface area contributed by atoms with Crippen LogP contribution >= 0.6 is 0 Å². The lowest BCUT2D eigenvalue weighted by Gasteiger charge is -2.14. The number of carbonyl (C=O) groups is 2. The lowest BCUT2D eigenvalue weighted by Crippen LogP contribution is -2.45. The Bertz CT molecular complexity index is 647. The van der Waals surface area contributed by atoms with Gasteiger partial charge in [0.25, 0.3) is 5.91 Å². The molecule has 1 aromatic heterocycles. The highest BCUT2D eigenvalue weighted by atomic mass is 16.2. The highest BCUT2D eigenvalue weighted by Crippen LogP contribution is 2.18. The molecule has 0 saturated carbocycles. The number of rotatable bonds is 2. The predicted molar refractivity (Wildman–Crippen MR) is 76.4 cm³/mol. The number of hydrogen-bond donors (Lipinski definition) is 3. The molecule has 1 atom stereocenters. The molecular formula is C15H17N3O2. The zero-order chi connectivity index (χ0) is 13.9. The number of para-hydroxylation sites is 1. The van der Waals surface area contributed by atoms with E-state index in [1.807, 2.05) is 24.3 Å². The average molecular weight is 271 g/mol. The fraction of sp³-hybridized carbons (Fsp3) is 0.333. The highest BCUT2D eigenvalue weighted by Gasteiger charge is 2.23. The summed E-state index contributed by atoms with van der Waals surface area (Å²) in [5, 5.41) is 6.53. The number of aromatic nitrogens is 1. The van der Waals surface area contributed by atoms with Crippen LogP contribution in [0.1, 0.15) is 29.6 Å². The Morgan fingerprint density at radius 1 is 1.25 bits per heavy atom. The maximum atomic E-state index is 12.3. The number of hydrogen-bond acceptors (Lipinski definition) is 2. The molecule has 5 heteroatoms. The first-order valence-corrected chi connectivity index (χ1v) is 6.90. The van der Waals surface area contributed by atoms with Gasteiger partial charge in [-0.25, -0.2) is 0 Å². The molecule has 3 rings (SSSR count). The summed E-state index contributed by atoms with van der Waals surface area (Å²) in [5.74, 6) is -0.291. The third-order valence-corrected chi connectivity index (χ3v) is 3.67. The SMILES string of the molecule is O=C(NC1CCCCNC1=O)c1c[nH]c2ccccc12.